The van der Waals surface area contributed by atoms with Crippen LogP contribution in [0.4, 0.5) is 11.4 Å². The molecule has 14 heavy (non-hydrogen) atoms. The molecule has 2 rings (SSSR count). The van der Waals surface area contributed by atoms with Gasteiger partial charge in [0.1, 0.15) is 0 Å². The third-order valence-corrected chi connectivity index (χ3v) is 3.05. The monoisotopic (exact) mass is 204 g/mol. The molecule has 0 spiro atoms. The number of anilines is 2. The number of nitrogens with one attached hydrogen (secondary N) is 1. The van der Waals surface area contributed by atoms with Gasteiger partial charge in [0.05, 0.1) is 11.4 Å². The highest BCUT2D eigenvalue weighted by atomic mass is 32.1. The molecule has 0 saturated carbocycles. The van der Waals surface area contributed by atoms with Crippen LogP contribution in [-0.4, -0.2) is 7.05 Å². The molecule has 0 fully saturated rings. The van der Waals surface area contributed by atoms with Gasteiger partial charge in [-0.1, -0.05) is 12.1 Å². The van der Waals surface area contributed by atoms with E-state index in [2.05, 4.69) is 28.9 Å². The van der Waals surface area contributed by atoms with Crippen LogP contribution in [0.2, 0.25) is 0 Å². The van der Waals surface area contributed by atoms with Gasteiger partial charge in [-0.3, -0.25) is 0 Å². The maximum atomic E-state index is 5.79. The third-order valence-electron chi connectivity index (χ3n) is 2.13. The molecule has 0 atom stereocenters. The summed E-state index contributed by atoms with van der Waals surface area (Å²) in [5.41, 5.74) is 8.77. The predicted octanol–water partition coefficient (Wildman–Crippen LogP) is 3.04. The Morgan fingerprint density at radius 3 is 2.79 bits per heavy atom. The minimum Gasteiger partial charge on any atom is -0.397 e. The molecular formula is C11H12N2S. The first-order valence-electron chi connectivity index (χ1n) is 4.42. The largest absolute Gasteiger partial charge is 0.397 e. The Labute approximate surface area is 87.4 Å². The second-order valence-corrected chi connectivity index (χ2v) is 3.98. The van der Waals surface area contributed by atoms with Gasteiger partial charge in [0.15, 0.2) is 0 Å². The van der Waals surface area contributed by atoms with E-state index in [0.29, 0.717) is 0 Å². The molecule has 1 heterocycles. The SMILES string of the molecule is CNc1cc(-c2cccs2)ccc1N. The Morgan fingerprint density at radius 2 is 2.14 bits per heavy atom. The van der Waals surface area contributed by atoms with Crippen molar-refractivity contribution in [1.82, 2.24) is 0 Å². The number of nitrogen functional groups attached to an aromatic ring is 1. The van der Waals surface area contributed by atoms with Gasteiger partial charge in [0, 0.05) is 11.9 Å². The van der Waals surface area contributed by atoms with Crippen LogP contribution < -0.4 is 11.1 Å². The number of hydrogen-bond donors (Lipinski definition) is 2. The molecule has 72 valence electrons. The summed E-state index contributed by atoms with van der Waals surface area (Å²) in [5, 5.41) is 5.15. The van der Waals surface area contributed by atoms with E-state index in [1.54, 1.807) is 11.3 Å². The molecule has 0 saturated heterocycles. The predicted molar refractivity (Wildman–Crippen MR) is 63.7 cm³/mol. The van der Waals surface area contributed by atoms with Crippen molar-refractivity contribution in [3.63, 3.8) is 0 Å². The van der Waals surface area contributed by atoms with Crippen LogP contribution >= 0.6 is 11.3 Å². The number of benzene rings is 1. The van der Waals surface area contributed by atoms with Gasteiger partial charge in [0.2, 0.25) is 0 Å². The Morgan fingerprint density at radius 1 is 1.29 bits per heavy atom. The topological polar surface area (TPSA) is 38.0 Å². The fraction of sp³-hybridized carbons (Fsp3) is 0.0909. The van der Waals surface area contributed by atoms with E-state index in [1.165, 1.54) is 10.4 Å². The van der Waals surface area contributed by atoms with E-state index in [-0.39, 0.29) is 0 Å². The standard InChI is InChI=1S/C11H12N2S/c1-13-10-7-8(4-5-9(10)12)11-3-2-6-14-11/h2-7,13H,12H2,1H3. The Kier molecular flexibility index (Phi) is 2.41. The quantitative estimate of drug-likeness (QED) is 0.738. The smallest absolute Gasteiger partial charge is 0.0577 e. The molecule has 0 bridgehead atoms. The van der Waals surface area contributed by atoms with Gasteiger partial charge in [-0.05, 0) is 29.1 Å². The second kappa shape index (κ2) is 3.72. The molecule has 1 aromatic carbocycles. The van der Waals surface area contributed by atoms with Crippen molar-refractivity contribution >= 4 is 22.7 Å². The molecule has 0 aliphatic heterocycles. The van der Waals surface area contributed by atoms with Crippen molar-refractivity contribution < 1.29 is 0 Å². The molecule has 3 heteroatoms. The lowest BCUT2D eigenvalue weighted by atomic mass is 10.1. The zero-order valence-corrected chi connectivity index (χ0v) is 8.77. The summed E-state index contributed by atoms with van der Waals surface area (Å²) in [7, 11) is 1.88. The molecule has 0 amide bonds. The molecule has 2 nitrogen and oxygen atoms in total. The number of rotatable bonds is 2. The lowest BCUT2D eigenvalue weighted by Gasteiger charge is -2.06. The molecule has 2 aromatic rings. The maximum absolute atomic E-state index is 5.79. The van der Waals surface area contributed by atoms with E-state index in [0.717, 1.165) is 11.4 Å². The first-order chi connectivity index (χ1) is 6.81. The van der Waals surface area contributed by atoms with Gasteiger partial charge in [-0.15, -0.1) is 11.3 Å². The Bertz CT molecular complexity index is 421. The highest BCUT2D eigenvalue weighted by molar-refractivity contribution is 7.13. The fourth-order valence-corrected chi connectivity index (χ4v) is 2.09. The highest BCUT2D eigenvalue weighted by Gasteiger charge is 2.01. The van der Waals surface area contributed by atoms with E-state index in [4.69, 9.17) is 5.73 Å². The summed E-state index contributed by atoms with van der Waals surface area (Å²) in [6.45, 7) is 0. The van der Waals surface area contributed by atoms with Gasteiger partial charge >= 0.3 is 0 Å². The summed E-state index contributed by atoms with van der Waals surface area (Å²) in [6, 6.07) is 10.2. The lowest BCUT2D eigenvalue weighted by molar-refractivity contribution is 1.51. The Hall–Kier alpha value is -1.48. The van der Waals surface area contributed by atoms with Crippen LogP contribution in [0, 0.1) is 0 Å². The van der Waals surface area contributed by atoms with Crippen LogP contribution in [0.15, 0.2) is 35.7 Å². The van der Waals surface area contributed by atoms with Crippen LogP contribution in [0.25, 0.3) is 10.4 Å². The summed E-state index contributed by atoms with van der Waals surface area (Å²) < 4.78 is 0. The van der Waals surface area contributed by atoms with Crippen molar-refractivity contribution in [3.05, 3.63) is 35.7 Å². The van der Waals surface area contributed by atoms with Crippen molar-refractivity contribution in [1.29, 1.82) is 0 Å². The van der Waals surface area contributed by atoms with E-state index in [1.807, 2.05) is 19.2 Å². The first-order valence-corrected chi connectivity index (χ1v) is 5.30. The highest BCUT2D eigenvalue weighted by Crippen LogP contribution is 2.29. The average Bonchev–Trinajstić information content (AvgIpc) is 2.71. The normalized spacial score (nSPS) is 10.1. The van der Waals surface area contributed by atoms with E-state index >= 15 is 0 Å². The minimum atomic E-state index is 0.785. The Balaban J connectivity index is 2.46. The zero-order chi connectivity index (χ0) is 9.97. The minimum absolute atomic E-state index is 0.785. The van der Waals surface area contributed by atoms with Gasteiger partial charge < -0.3 is 11.1 Å². The van der Waals surface area contributed by atoms with Gasteiger partial charge in [0.25, 0.3) is 0 Å². The molecule has 3 N–H and O–H groups in total. The average molecular weight is 204 g/mol. The van der Waals surface area contributed by atoms with Crippen molar-refractivity contribution in [2.45, 2.75) is 0 Å². The van der Waals surface area contributed by atoms with Crippen molar-refractivity contribution in [2.75, 3.05) is 18.1 Å². The summed E-state index contributed by atoms with van der Waals surface area (Å²) >= 11 is 1.73. The number of thiophene rings is 1. The van der Waals surface area contributed by atoms with Crippen molar-refractivity contribution in [2.24, 2.45) is 0 Å². The van der Waals surface area contributed by atoms with Crippen LogP contribution in [0.5, 0.6) is 0 Å². The van der Waals surface area contributed by atoms with E-state index < -0.39 is 0 Å². The molecule has 0 unspecified atom stereocenters. The van der Waals surface area contributed by atoms with Crippen LogP contribution in [-0.2, 0) is 0 Å². The van der Waals surface area contributed by atoms with Crippen molar-refractivity contribution in [3.8, 4) is 10.4 Å². The van der Waals surface area contributed by atoms with Gasteiger partial charge in [-0.25, -0.2) is 0 Å². The summed E-state index contributed by atoms with van der Waals surface area (Å²) in [4.78, 5) is 1.27. The molecule has 0 aliphatic rings. The number of hydrogen-bond acceptors (Lipinski definition) is 3. The summed E-state index contributed by atoms with van der Waals surface area (Å²) in [5.74, 6) is 0. The van der Waals surface area contributed by atoms with Crippen LogP contribution in [0.1, 0.15) is 0 Å². The summed E-state index contributed by atoms with van der Waals surface area (Å²) in [6.07, 6.45) is 0. The van der Waals surface area contributed by atoms with E-state index in [9.17, 15) is 0 Å². The molecule has 0 radical (unpaired) electrons. The molecule has 0 aliphatic carbocycles. The lowest BCUT2D eigenvalue weighted by Crippen LogP contribution is -1.95. The third kappa shape index (κ3) is 1.59. The van der Waals surface area contributed by atoms with Crippen LogP contribution in [0.3, 0.4) is 0 Å². The number of nitrogens with two attached hydrogens (primary N) is 1. The first kappa shape index (κ1) is 9.09. The molecule has 1 aromatic heterocycles. The molecular weight excluding hydrogens is 192 g/mol. The fourth-order valence-electron chi connectivity index (χ4n) is 1.37. The van der Waals surface area contributed by atoms with Gasteiger partial charge in [-0.2, -0.15) is 0 Å². The zero-order valence-electron chi connectivity index (χ0n) is 7.95. The second-order valence-electron chi connectivity index (χ2n) is 3.03. The maximum Gasteiger partial charge on any atom is 0.0577 e.